The first-order valence-corrected chi connectivity index (χ1v) is 7.16. The van der Waals surface area contributed by atoms with Crippen LogP contribution in [0.25, 0.3) is 0 Å². The molecule has 0 aliphatic carbocycles. The number of anilines is 1. The first-order chi connectivity index (χ1) is 10.1. The summed E-state index contributed by atoms with van der Waals surface area (Å²) in [5.41, 5.74) is 5.93. The van der Waals surface area contributed by atoms with Gasteiger partial charge in [0, 0.05) is 23.6 Å². The minimum Gasteiger partial charge on any atom is -0.331 e. The number of hydrogen-bond donors (Lipinski definition) is 2. The van der Waals surface area contributed by atoms with Crippen molar-refractivity contribution in [3.05, 3.63) is 59.9 Å². The molecule has 1 aromatic heterocycles. The molecule has 0 saturated carbocycles. The molecule has 0 amide bonds. The van der Waals surface area contributed by atoms with Crippen molar-refractivity contribution in [2.24, 2.45) is 5.10 Å². The number of benzene rings is 1. The van der Waals surface area contributed by atoms with Crippen LogP contribution in [0.2, 0.25) is 0 Å². The van der Waals surface area contributed by atoms with Crippen LogP contribution in [0.3, 0.4) is 0 Å². The van der Waals surface area contributed by atoms with Crippen molar-refractivity contribution in [1.29, 1.82) is 0 Å². The van der Waals surface area contributed by atoms with E-state index in [0.717, 1.165) is 11.3 Å². The third-order valence-electron chi connectivity index (χ3n) is 2.90. The molecule has 0 atom stereocenters. The van der Waals surface area contributed by atoms with Gasteiger partial charge in [-0.25, -0.2) is 0 Å². The lowest BCUT2D eigenvalue weighted by Gasteiger charge is -2.09. The second-order valence-electron chi connectivity index (χ2n) is 4.89. The molecule has 108 valence electrons. The van der Waals surface area contributed by atoms with Crippen LogP contribution in [0.15, 0.2) is 53.9 Å². The van der Waals surface area contributed by atoms with Gasteiger partial charge in [-0.1, -0.05) is 32.0 Å². The summed E-state index contributed by atoms with van der Waals surface area (Å²) in [5, 5.41) is 7.60. The third-order valence-corrected chi connectivity index (χ3v) is 3.09. The van der Waals surface area contributed by atoms with Gasteiger partial charge in [-0.15, -0.1) is 0 Å². The molecular formula is C16H18N4S. The maximum Gasteiger partial charge on any atom is 0.191 e. The molecule has 0 fully saturated rings. The number of hydrazone groups is 1. The SMILES string of the molecule is CC(C)c1ccc(NC(=S)NN=Cc2cccnc2)cc1. The molecule has 0 aliphatic rings. The Hall–Kier alpha value is -2.27. The van der Waals surface area contributed by atoms with Crippen LogP contribution in [0.4, 0.5) is 5.69 Å². The zero-order valence-electron chi connectivity index (χ0n) is 12.1. The predicted octanol–water partition coefficient (Wildman–Crippen LogP) is 3.53. The Morgan fingerprint density at radius 2 is 2.00 bits per heavy atom. The largest absolute Gasteiger partial charge is 0.331 e. The number of nitrogens with zero attached hydrogens (tertiary/aromatic N) is 2. The Labute approximate surface area is 130 Å². The van der Waals surface area contributed by atoms with Crippen molar-refractivity contribution in [2.45, 2.75) is 19.8 Å². The summed E-state index contributed by atoms with van der Waals surface area (Å²) in [4.78, 5) is 4.01. The Morgan fingerprint density at radius 1 is 1.24 bits per heavy atom. The summed E-state index contributed by atoms with van der Waals surface area (Å²) in [7, 11) is 0. The van der Waals surface area contributed by atoms with Crippen LogP contribution in [0.1, 0.15) is 30.9 Å². The highest BCUT2D eigenvalue weighted by Crippen LogP contribution is 2.16. The van der Waals surface area contributed by atoms with Gasteiger partial charge in [0.1, 0.15) is 0 Å². The summed E-state index contributed by atoms with van der Waals surface area (Å²) in [5.74, 6) is 0.521. The summed E-state index contributed by atoms with van der Waals surface area (Å²) in [6.45, 7) is 4.34. The number of rotatable bonds is 4. The summed E-state index contributed by atoms with van der Waals surface area (Å²) in [6, 6.07) is 12.0. The van der Waals surface area contributed by atoms with Crippen LogP contribution < -0.4 is 10.7 Å². The van der Waals surface area contributed by atoms with E-state index in [-0.39, 0.29) is 0 Å². The van der Waals surface area contributed by atoms with E-state index in [9.17, 15) is 0 Å². The zero-order valence-corrected chi connectivity index (χ0v) is 12.9. The number of pyridine rings is 1. The van der Waals surface area contributed by atoms with Gasteiger partial charge in [0.2, 0.25) is 0 Å². The van der Waals surface area contributed by atoms with Gasteiger partial charge in [-0.2, -0.15) is 5.10 Å². The highest BCUT2D eigenvalue weighted by atomic mass is 32.1. The van der Waals surface area contributed by atoms with Gasteiger partial charge in [0.25, 0.3) is 0 Å². The molecule has 0 bridgehead atoms. The molecule has 0 radical (unpaired) electrons. The molecular weight excluding hydrogens is 280 g/mol. The first-order valence-electron chi connectivity index (χ1n) is 6.75. The van der Waals surface area contributed by atoms with Gasteiger partial charge in [-0.3, -0.25) is 10.4 Å². The number of nitrogens with one attached hydrogen (secondary N) is 2. The summed E-state index contributed by atoms with van der Waals surface area (Å²) in [6.07, 6.45) is 5.12. The fourth-order valence-corrected chi connectivity index (χ4v) is 1.90. The fourth-order valence-electron chi connectivity index (χ4n) is 1.73. The van der Waals surface area contributed by atoms with Gasteiger partial charge in [0.15, 0.2) is 5.11 Å². The predicted molar refractivity (Wildman–Crippen MR) is 91.7 cm³/mol. The van der Waals surface area contributed by atoms with Crippen LogP contribution in [-0.2, 0) is 0 Å². The van der Waals surface area contributed by atoms with Gasteiger partial charge in [0.05, 0.1) is 6.21 Å². The lowest BCUT2D eigenvalue weighted by atomic mass is 10.0. The molecule has 1 heterocycles. The summed E-state index contributed by atoms with van der Waals surface area (Å²) >= 11 is 5.18. The highest BCUT2D eigenvalue weighted by Gasteiger charge is 2.00. The van der Waals surface area contributed by atoms with E-state index < -0.39 is 0 Å². The molecule has 0 spiro atoms. The van der Waals surface area contributed by atoms with E-state index in [4.69, 9.17) is 12.2 Å². The van der Waals surface area contributed by atoms with Crippen LogP contribution in [-0.4, -0.2) is 16.3 Å². The van der Waals surface area contributed by atoms with Crippen molar-refractivity contribution < 1.29 is 0 Å². The standard InChI is InChI=1S/C16H18N4S/c1-12(2)14-5-7-15(8-6-14)19-16(21)20-18-11-13-4-3-9-17-10-13/h3-12H,1-2H3,(H2,19,20,21). The molecule has 0 aliphatic heterocycles. The third kappa shape index (κ3) is 4.96. The second kappa shape index (κ2) is 7.50. The fraction of sp³-hybridized carbons (Fsp3) is 0.188. The Morgan fingerprint density at radius 3 is 2.62 bits per heavy atom. The van der Waals surface area contributed by atoms with E-state index in [0.29, 0.717) is 11.0 Å². The molecule has 2 N–H and O–H groups in total. The van der Waals surface area contributed by atoms with Crippen molar-refractivity contribution in [2.75, 3.05) is 5.32 Å². The molecule has 21 heavy (non-hydrogen) atoms. The van der Waals surface area contributed by atoms with E-state index in [1.165, 1.54) is 5.56 Å². The van der Waals surface area contributed by atoms with E-state index in [1.54, 1.807) is 18.6 Å². The minimum absolute atomic E-state index is 0.451. The Balaban J connectivity index is 1.85. The highest BCUT2D eigenvalue weighted by molar-refractivity contribution is 7.80. The van der Waals surface area contributed by atoms with E-state index >= 15 is 0 Å². The number of hydrogen-bond acceptors (Lipinski definition) is 3. The number of thiocarbonyl (C=S) groups is 1. The smallest absolute Gasteiger partial charge is 0.191 e. The Bertz CT molecular complexity index is 606. The lowest BCUT2D eigenvalue weighted by molar-refractivity contribution is 0.867. The molecule has 1 aromatic carbocycles. The van der Waals surface area contributed by atoms with E-state index in [2.05, 4.69) is 46.8 Å². The van der Waals surface area contributed by atoms with Crippen molar-refractivity contribution >= 4 is 29.2 Å². The van der Waals surface area contributed by atoms with E-state index in [1.807, 2.05) is 24.3 Å². The topological polar surface area (TPSA) is 49.3 Å². The average Bonchev–Trinajstić information content (AvgIpc) is 2.49. The molecule has 5 heteroatoms. The van der Waals surface area contributed by atoms with Gasteiger partial charge in [-0.05, 0) is 41.9 Å². The zero-order chi connectivity index (χ0) is 15.1. The number of aromatic nitrogens is 1. The first kappa shape index (κ1) is 15.1. The quantitative estimate of drug-likeness (QED) is 0.515. The van der Waals surface area contributed by atoms with Crippen molar-refractivity contribution in [1.82, 2.24) is 10.4 Å². The molecule has 0 saturated heterocycles. The van der Waals surface area contributed by atoms with Gasteiger partial charge < -0.3 is 5.32 Å². The molecule has 2 aromatic rings. The maximum absolute atomic E-state index is 5.18. The maximum atomic E-state index is 5.18. The van der Waals surface area contributed by atoms with Gasteiger partial charge >= 0.3 is 0 Å². The second-order valence-corrected chi connectivity index (χ2v) is 5.30. The molecule has 0 unspecified atom stereocenters. The monoisotopic (exact) mass is 298 g/mol. The van der Waals surface area contributed by atoms with Crippen LogP contribution in [0, 0.1) is 0 Å². The lowest BCUT2D eigenvalue weighted by Crippen LogP contribution is -2.23. The minimum atomic E-state index is 0.451. The Kier molecular flexibility index (Phi) is 5.40. The average molecular weight is 298 g/mol. The van der Waals surface area contributed by atoms with Crippen molar-refractivity contribution in [3.63, 3.8) is 0 Å². The van der Waals surface area contributed by atoms with Crippen LogP contribution in [0.5, 0.6) is 0 Å². The van der Waals surface area contributed by atoms with Crippen LogP contribution >= 0.6 is 12.2 Å². The molecule has 4 nitrogen and oxygen atoms in total. The normalized spacial score (nSPS) is 10.8. The molecule has 2 rings (SSSR count). The summed E-state index contributed by atoms with van der Waals surface area (Å²) < 4.78 is 0. The van der Waals surface area contributed by atoms with Crippen molar-refractivity contribution in [3.8, 4) is 0 Å².